The number of nitrogens with one attached hydrogen (secondary N) is 1. The summed E-state index contributed by atoms with van der Waals surface area (Å²) in [7, 11) is 6.73. The van der Waals surface area contributed by atoms with Crippen LogP contribution in [0.15, 0.2) is 53.2 Å². The van der Waals surface area contributed by atoms with Gasteiger partial charge in [-0.2, -0.15) is 0 Å². The van der Waals surface area contributed by atoms with Gasteiger partial charge in [-0.05, 0) is 45.3 Å². The summed E-state index contributed by atoms with van der Waals surface area (Å²) in [6, 6.07) is 10.8. The zero-order chi connectivity index (χ0) is 29.0. The van der Waals surface area contributed by atoms with E-state index in [1.54, 1.807) is 12.3 Å². The third-order valence-corrected chi connectivity index (χ3v) is 5.87. The van der Waals surface area contributed by atoms with Crippen molar-refractivity contribution in [3.8, 4) is 28.2 Å². The molecule has 0 aliphatic carbocycles. The number of furan rings is 1. The van der Waals surface area contributed by atoms with E-state index in [1.165, 1.54) is 22.3 Å². The second-order valence-corrected chi connectivity index (χ2v) is 7.98. The minimum atomic E-state index is -0.390. The van der Waals surface area contributed by atoms with Crippen molar-refractivity contribution in [3.63, 3.8) is 0 Å². The summed E-state index contributed by atoms with van der Waals surface area (Å²) in [6.07, 6.45) is 3.74. The average Bonchev–Trinajstić information content (AvgIpc) is 3.56. The molecule has 0 amide bonds. The van der Waals surface area contributed by atoms with Crippen LogP contribution in [-0.2, 0) is 0 Å². The number of hydrogen-bond acceptors (Lipinski definition) is 5. The lowest BCUT2D eigenvalue weighted by molar-refractivity contribution is 0.388. The van der Waals surface area contributed by atoms with Crippen molar-refractivity contribution in [2.45, 2.75) is 62.3 Å². The number of nitrogens with zero attached hydrogens (tertiary/aromatic N) is 2. The fraction of sp³-hybridized carbons (Fsp3) is 0.414. The smallest absolute Gasteiger partial charge is 0.165 e. The normalized spacial score (nSPS) is 9.03. The molecule has 8 heteroatoms. The molecule has 37 heavy (non-hydrogen) atoms. The van der Waals surface area contributed by atoms with Crippen molar-refractivity contribution in [1.82, 2.24) is 14.3 Å². The Bertz CT molecular complexity index is 1130. The van der Waals surface area contributed by atoms with Crippen LogP contribution < -0.4 is 10.1 Å². The summed E-state index contributed by atoms with van der Waals surface area (Å²) in [4.78, 5) is 4.60. The lowest BCUT2D eigenvalue weighted by atomic mass is 10.0. The monoisotopic (exact) mass is 645 g/mol. The highest BCUT2D eigenvalue weighted by Crippen LogP contribution is 2.40. The number of hydrogen-bond donors (Lipinski definition) is 1. The fourth-order valence-electron chi connectivity index (χ4n) is 3.00. The lowest BCUT2D eigenvalue weighted by Crippen LogP contribution is -1.91. The Morgan fingerprint density at radius 3 is 2.05 bits per heavy atom. The van der Waals surface area contributed by atoms with Crippen molar-refractivity contribution >= 4 is 41.4 Å². The van der Waals surface area contributed by atoms with E-state index in [1.807, 2.05) is 111 Å². The first-order valence-electron chi connectivity index (χ1n) is 12.8. The molecule has 1 aromatic carbocycles. The number of aromatic nitrogens is 2. The molecule has 3 heterocycles. The quantitative estimate of drug-likeness (QED) is 0.224. The van der Waals surface area contributed by atoms with Crippen molar-refractivity contribution in [2.75, 3.05) is 21.2 Å². The number of rotatable bonds is 4. The highest BCUT2D eigenvalue weighted by Gasteiger charge is 2.18. The average molecular weight is 646 g/mol. The molecule has 0 fully saturated rings. The van der Waals surface area contributed by atoms with Crippen LogP contribution in [0.25, 0.3) is 33.5 Å². The van der Waals surface area contributed by atoms with Gasteiger partial charge in [0.1, 0.15) is 11.5 Å². The molecule has 5 nitrogen and oxygen atoms in total. The van der Waals surface area contributed by atoms with Crippen LogP contribution in [0.3, 0.4) is 0 Å². The molecular weight excluding hydrogens is 600 g/mol. The van der Waals surface area contributed by atoms with Gasteiger partial charge in [0.15, 0.2) is 17.2 Å². The SMILES string of the molecule is CC.CC.CC.CC.CNC.COc1c(F)cccc1-c1cn(SI)c2ncc(-c3ccc(C)o3)cc12. The van der Waals surface area contributed by atoms with E-state index in [2.05, 4.69) is 31.5 Å². The number of aryl methyl sites for hydroxylation is 1. The third kappa shape index (κ3) is 10.3. The Labute approximate surface area is 240 Å². The molecule has 0 atom stereocenters. The second-order valence-electron chi connectivity index (χ2n) is 6.26. The standard InChI is InChI=1S/C19H14FIN2O2S.C2H7N.4C2H6/c1-11-6-7-17(25-11)12-8-14-15(10-23(26-21)19(14)22-9-12)13-4-3-5-16(20)18(13)24-2;1-3-2;4*1-2/h3-10H,1-2H3;3H,1-2H3;4*1-2H3. The molecule has 0 unspecified atom stereocenters. The minimum absolute atomic E-state index is 0.226. The van der Waals surface area contributed by atoms with Gasteiger partial charge in [-0.25, -0.2) is 9.37 Å². The molecule has 208 valence electrons. The first kappa shape index (κ1) is 37.1. The van der Waals surface area contributed by atoms with Crippen LogP contribution in [0.4, 0.5) is 4.39 Å². The van der Waals surface area contributed by atoms with Crippen molar-refractivity contribution in [1.29, 1.82) is 0 Å². The van der Waals surface area contributed by atoms with E-state index in [4.69, 9.17) is 9.15 Å². The number of ether oxygens (including phenoxy) is 1. The maximum absolute atomic E-state index is 14.2. The molecule has 0 saturated carbocycles. The summed E-state index contributed by atoms with van der Waals surface area (Å²) in [5.74, 6) is 1.43. The van der Waals surface area contributed by atoms with Crippen LogP contribution in [0, 0.1) is 12.7 Å². The predicted molar refractivity (Wildman–Crippen MR) is 172 cm³/mol. The summed E-state index contributed by atoms with van der Waals surface area (Å²) in [5, 5.41) is 3.66. The zero-order valence-electron chi connectivity index (χ0n) is 24.5. The Kier molecular flexibility index (Phi) is 22.1. The van der Waals surface area contributed by atoms with Crippen LogP contribution in [0.5, 0.6) is 5.75 Å². The van der Waals surface area contributed by atoms with E-state index < -0.39 is 5.82 Å². The summed E-state index contributed by atoms with van der Waals surface area (Å²) in [6.45, 7) is 17.9. The summed E-state index contributed by atoms with van der Waals surface area (Å²) >= 11 is 2.20. The van der Waals surface area contributed by atoms with E-state index in [-0.39, 0.29) is 5.75 Å². The van der Waals surface area contributed by atoms with Gasteiger partial charge >= 0.3 is 0 Å². The van der Waals surface area contributed by atoms with Crippen molar-refractivity contribution < 1.29 is 13.5 Å². The van der Waals surface area contributed by atoms with Gasteiger partial charge in [0, 0.05) is 64.8 Å². The first-order valence-corrected chi connectivity index (χ1v) is 16.1. The van der Waals surface area contributed by atoms with Gasteiger partial charge in [0.25, 0.3) is 0 Å². The molecule has 0 aliphatic heterocycles. The van der Waals surface area contributed by atoms with Gasteiger partial charge in [-0.15, -0.1) is 0 Å². The van der Waals surface area contributed by atoms with Gasteiger partial charge < -0.3 is 14.5 Å². The Hall–Kier alpha value is -2.04. The summed E-state index contributed by atoms with van der Waals surface area (Å²) < 4.78 is 27.2. The maximum Gasteiger partial charge on any atom is 0.165 e. The van der Waals surface area contributed by atoms with Crippen molar-refractivity contribution in [2.24, 2.45) is 0 Å². The number of halogens is 2. The number of para-hydroxylation sites is 1. The number of pyridine rings is 1. The Morgan fingerprint density at radius 2 is 1.57 bits per heavy atom. The Morgan fingerprint density at radius 1 is 0.973 bits per heavy atom. The van der Waals surface area contributed by atoms with Crippen LogP contribution in [0.2, 0.25) is 0 Å². The van der Waals surface area contributed by atoms with Crippen LogP contribution >= 0.6 is 30.3 Å². The van der Waals surface area contributed by atoms with Gasteiger partial charge in [0.05, 0.1) is 7.11 Å². The van der Waals surface area contributed by atoms with E-state index >= 15 is 0 Å². The number of methoxy groups -OCH3 is 1. The molecule has 4 rings (SSSR count). The maximum atomic E-state index is 14.2. The van der Waals surface area contributed by atoms with Gasteiger partial charge in [0.2, 0.25) is 0 Å². The van der Waals surface area contributed by atoms with Crippen LogP contribution in [-0.4, -0.2) is 30.2 Å². The molecular formula is C29H45FIN3O2S. The molecule has 0 saturated heterocycles. The first-order chi connectivity index (χ1) is 18.0. The lowest BCUT2D eigenvalue weighted by Gasteiger charge is -2.08. The predicted octanol–water partition coefficient (Wildman–Crippen LogP) is 10.2. The van der Waals surface area contributed by atoms with Crippen LogP contribution in [0.1, 0.15) is 61.2 Å². The molecule has 3 aromatic heterocycles. The summed E-state index contributed by atoms with van der Waals surface area (Å²) in [5.41, 5.74) is 3.23. The van der Waals surface area contributed by atoms with Gasteiger partial charge in [-0.1, -0.05) is 67.5 Å². The fourth-order valence-corrected chi connectivity index (χ4v) is 4.26. The molecule has 4 aromatic rings. The largest absolute Gasteiger partial charge is 0.493 e. The number of benzene rings is 1. The van der Waals surface area contributed by atoms with Gasteiger partial charge in [-0.3, -0.25) is 3.97 Å². The molecule has 0 aliphatic rings. The van der Waals surface area contributed by atoms with E-state index in [9.17, 15) is 4.39 Å². The molecule has 0 bridgehead atoms. The Balaban J connectivity index is 0. The van der Waals surface area contributed by atoms with E-state index in [0.717, 1.165) is 33.7 Å². The molecule has 0 spiro atoms. The highest BCUT2D eigenvalue weighted by atomic mass is 127. The van der Waals surface area contributed by atoms with Crippen molar-refractivity contribution in [3.05, 3.63) is 60.4 Å². The topological polar surface area (TPSA) is 52.2 Å². The second kappa shape index (κ2) is 22.0. The number of fused-ring (bicyclic) bond motifs is 1. The minimum Gasteiger partial charge on any atom is -0.493 e. The molecule has 0 radical (unpaired) electrons. The van der Waals surface area contributed by atoms with E-state index in [0.29, 0.717) is 5.56 Å². The highest BCUT2D eigenvalue weighted by molar-refractivity contribution is 14.2. The molecule has 1 N–H and O–H groups in total. The third-order valence-electron chi connectivity index (χ3n) is 4.17. The zero-order valence-corrected chi connectivity index (χ0v) is 27.5.